The molecule has 2 heteroatoms. The van der Waals surface area contributed by atoms with Crippen molar-refractivity contribution >= 4 is 0 Å². The lowest BCUT2D eigenvalue weighted by atomic mass is 9.76. The van der Waals surface area contributed by atoms with Gasteiger partial charge in [-0.2, -0.15) is 9.13 Å². The number of benzene rings is 2. The van der Waals surface area contributed by atoms with Gasteiger partial charge in [-0.05, 0) is 64.2 Å². The van der Waals surface area contributed by atoms with Gasteiger partial charge in [0.15, 0.2) is 5.69 Å². The zero-order valence-electron chi connectivity index (χ0n) is 20.1. The van der Waals surface area contributed by atoms with E-state index in [1.165, 1.54) is 59.0 Å². The fraction of sp³-hybridized carbons (Fsp3) is 0.464. The summed E-state index contributed by atoms with van der Waals surface area (Å²) in [6.07, 6.45) is 6.11. The first-order chi connectivity index (χ1) is 14.8. The van der Waals surface area contributed by atoms with Crippen LogP contribution in [0.25, 0.3) is 11.4 Å². The van der Waals surface area contributed by atoms with Crippen molar-refractivity contribution in [1.82, 2.24) is 4.57 Å². The predicted molar refractivity (Wildman–Crippen MR) is 124 cm³/mol. The van der Waals surface area contributed by atoms with E-state index >= 15 is 0 Å². The van der Waals surface area contributed by atoms with Gasteiger partial charge in [-0.1, -0.05) is 55.7 Å². The summed E-state index contributed by atoms with van der Waals surface area (Å²) in [5.41, 5.74) is 7.24. The number of aryl methyl sites for hydroxylation is 1. The highest BCUT2D eigenvalue weighted by atomic mass is 15.2. The topological polar surface area (TPSA) is 8.81 Å². The Kier molecular flexibility index (Phi) is 4.37. The van der Waals surface area contributed by atoms with E-state index < -0.39 is 5.89 Å². The Morgan fingerprint density at radius 2 is 1.60 bits per heavy atom. The Balaban J connectivity index is 1.89. The number of imidazole rings is 1. The highest BCUT2D eigenvalue weighted by Crippen LogP contribution is 2.49. The molecule has 1 unspecified atom stereocenters. The second-order valence-corrected chi connectivity index (χ2v) is 10.2. The van der Waals surface area contributed by atoms with Crippen LogP contribution in [0.2, 0.25) is 0 Å². The Bertz CT molecular complexity index is 1140. The minimum absolute atomic E-state index is 0.0732. The van der Waals surface area contributed by atoms with Crippen LogP contribution in [0.3, 0.4) is 0 Å². The maximum absolute atomic E-state index is 10.1. The van der Waals surface area contributed by atoms with Crippen molar-refractivity contribution in [3.63, 3.8) is 0 Å². The molecule has 1 aliphatic heterocycles. The van der Waals surface area contributed by atoms with Gasteiger partial charge in [-0.15, -0.1) is 0 Å². The lowest BCUT2D eigenvalue weighted by Gasteiger charge is -2.26. The molecule has 3 aromatic rings. The zero-order valence-corrected chi connectivity index (χ0v) is 19.1. The zero-order chi connectivity index (χ0) is 22.0. The highest BCUT2D eigenvalue weighted by molar-refractivity contribution is 5.56. The van der Waals surface area contributed by atoms with E-state index in [2.05, 4.69) is 92.3 Å². The second-order valence-electron chi connectivity index (χ2n) is 10.2. The fourth-order valence-corrected chi connectivity index (χ4v) is 5.79. The number of nitrogens with zero attached hydrogens (tertiary/aromatic N) is 2. The first-order valence-electron chi connectivity index (χ1n) is 12.1. The van der Waals surface area contributed by atoms with Crippen LogP contribution in [-0.2, 0) is 5.41 Å². The molecule has 0 N–H and O–H groups in total. The number of para-hydroxylation sites is 2. The van der Waals surface area contributed by atoms with Crippen LogP contribution < -0.4 is 4.57 Å². The number of aromatic nitrogens is 2. The molecule has 2 nitrogen and oxygen atoms in total. The summed E-state index contributed by atoms with van der Waals surface area (Å²) < 4.78 is 15.0. The molecular weight excluding hydrogens is 364 g/mol. The molecule has 2 aromatic carbocycles. The van der Waals surface area contributed by atoms with Crippen molar-refractivity contribution in [1.29, 1.82) is 0 Å². The van der Waals surface area contributed by atoms with Crippen LogP contribution in [0, 0.1) is 19.8 Å². The van der Waals surface area contributed by atoms with Crippen molar-refractivity contribution in [2.75, 3.05) is 0 Å². The van der Waals surface area contributed by atoms with Gasteiger partial charge < -0.3 is 0 Å². The van der Waals surface area contributed by atoms with E-state index in [1.54, 1.807) is 0 Å². The number of hydrogen-bond donors (Lipinski definition) is 0. The normalized spacial score (nSPS) is 22.0. The Morgan fingerprint density at radius 3 is 2.30 bits per heavy atom. The molecule has 0 amide bonds. The van der Waals surface area contributed by atoms with Gasteiger partial charge in [0.2, 0.25) is 0 Å². The Hall–Kier alpha value is -2.35. The molecule has 1 atom stereocenters. The molecule has 1 saturated carbocycles. The molecule has 1 aromatic heterocycles. The standard InChI is InChI=1S/C28H35N2/c1-19-13-9-11-17-23(19)29-20(2)26-25(21-14-7-6-8-15-21)22-16-10-12-18-24(22)30(26)27(29)28(3,4)5/h9-13,16-18,21,25H,6-8,14-15H2,1-5H3/q+1/i25D. The van der Waals surface area contributed by atoms with Gasteiger partial charge in [0.05, 0.1) is 11.3 Å². The Labute approximate surface area is 183 Å². The molecule has 0 radical (unpaired) electrons. The molecule has 0 saturated heterocycles. The molecule has 5 rings (SSSR count). The molecule has 0 spiro atoms. The molecule has 156 valence electrons. The summed E-state index contributed by atoms with van der Waals surface area (Å²) in [5, 5.41) is 0. The summed E-state index contributed by atoms with van der Waals surface area (Å²) in [5.74, 6) is 0.955. The van der Waals surface area contributed by atoms with E-state index in [1.807, 2.05) is 0 Å². The summed E-state index contributed by atoms with van der Waals surface area (Å²) in [4.78, 5) is 0. The average molecular weight is 401 g/mol. The third-order valence-electron chi connectivity index (χ3n) is 7.06. The van der Waals surface area contributed by atoms with Gasteiger partial charge in [0.1, 0.15) is 17.1 Å². The monoisotopic (exact) mass is 400 g/mol. The number of fused-ring (bicyclic) bond motifs is 3. The molecule has 1 aliphatic carbocycles. The van der Waals surface area contributed by atoms with Crippen LogP contribution >= 0.6 is 0 Å². The van der Waals surface area contributed by atoms with Gasteiger partial charge in [-0.3, -0.25) is 0 Å². The van der Waals surface area contributed by atoms with Crippen molar-refractivity contribution < 1.29 is 5.94 Å². The molecule has 0 bridgehead atoms. The largest absolute Gasteiger partial charge is 0.272 e. The summed E-state index contributed by atoms with van der Waals surface area (Å²) in [6, 6.07) is 17.4. The molecule has 2 aliphatic rings. The van der Waals surface area contributed by atoms with Gasteiger partial charge in [0, 0.05) is 13.9 Å². The van der Waals surface area contributed by atoms with Crippen LogP contribution in [0.15, 0.2) is 48.5 Å². The second kappa shape index (κ2) is 7.11. The summed E-state index contributed by atoms with van der Waals surface area (Å²) in [7, 11) is 0. The van der Waals surface area contributed by atoms with Crippen LogP contribution in [-0.4, -0.2) is 4.57 Å². The SMILES string of the molecule is [2H]C1(C2CCCCC2)c2ccccc2-n2c1c(C)[n+](-c1ccccc1C)c2C(C)(C)C. The van der Waals surface area contributed by atoms with E-state index in [-0.39, 0.29) is 5.41 Å². The molecule has 30 heavy (non-hydrogen) atoms. The van der Waals surface area contributed by atoms with Crippen molar-refractivity contribution in [3.05, 3.63) is 76.9 Å². The number of hydrogen-bond acceptors (Lipinski definition) is 0. The molecule has 1 fully saturated rings. The maximum atomic E-state index is 10.1. The Morgan fingerprint density at radius 1 is 0.933 bits per heavy atom. The molecular formula is C28H35N2+. The lowest BCUT2D eigenvalue weighted by Crippen LogP contribution is -2.43. The van der Waals surface area contributed by atoms with Crippen molar-refractivity contribution in [2.45, 2.75) is 78.0 Å². The van der Waals surface area contributed by atoms with Gasteiger partial charge >= 0.3 is 0 Å². The summed E-state index contributed by atoms with van der Waals surface area (Å²) in [6.45, 7) is 11.3. The maximum Gasteiger partial charge on any atom is 0.272 e. The number of rotatable bonds is 2. The first-order valence-corrected chi connectivity index (χ1v) is 11.6. The first kappa shape index (κ1) is 18.4. The smallest absolute Gasteiger partial charge is 0.196 e. The van der Waals surface area contributed by atoms with Crippen LogP contribution in [0.5, 0.6) is 0 Å². The van der Waals surface area contributed by atoms with Crippen LogP contribution in [0.1, 0.15) is 88.5 Å². The van der Waals surface area contributed by atoms with E-state index in [0.29, 0.717) is 5.92 Å². The fourth-order valence-electron chi connectivity index (χ4n) is 5.79. The third kappa shape index (κ3) is 2.87. The minimum atomic E-state index is -0.685. The van der Waals surface area contributed by atoms with E-state index in [9.17, 15) is 1.37 Å². The van der Waals surface area contributed by atoms with E-state index in [0.717, 1.165) is 12.8 Å². The van der Waals surface area contributed by atoms with Crippen LogP contribution in [0.4, 0.5) is 0 Å². The van der Waals surface area contributed by atoms with E-state index in [4.69, 9.17) is 0 Å². The average Bonchev–Trinajstić information content (AvgIpc) is 3.21. The highest BCUT2D eigenvalue weighted by Gasteiger charge is 2.48. The van der Waals surface area contributed by atoms with Crippen molar-refractivity contribution in [2.24, 2.45) is 5.92 Å². The lowest BCUT2D eigenvalue weighted by molar-refractivity contribution is -0.615. The van der Waals surface area contributed by atoms with Crippen molar-refractivity contribution in [3.8, 4) is 11.4 Å². The third-order valence-corrected chi connectivity index (χ3v) is 7.06. The van der Waals surface area contributed by atoms with Gasteiger partial charge in [0.25, 0.3) is 5.82 Å². The van der Waals surface area contributed by atoms with Gasteiger partial charge in [-0.25, -0.2) is 0 Å². The quantitative estimate of drug-likeness (QED) is 0.424. The minimum Gasteiger partial charge on any atom is -0.196 e. The summed E-state index contributed by atoms with van der Waals surface area (Å²) >= 11 is 0. The molecule has 2 heterocycles. The predicted octanol–water partition coefficient (Wildman–Crippen LogP) is 6.69.